The molecule has 1 unspecified atom stereocenters. The van der Waals surface area contributed by atoms with E-state index in [1.165, 1.54) is 6.92 Å². The molecule has 0 aliphatic heterocycles. The number of hydrogen-bond acceptors (Lipinski definition) is 5. The van der Waals surface area contributed by atoms with Gasteiger partial charge in [0.25, 0.3) is 0 Å². The summed E-state index contributed by atoms with van der Waals surface area (Å²) in [5, 5.41) is 11.1. The molecule has 1 aromatic heterocycles. The van der Waals surface area contributed by atoms with Crippen LogP contribution >= 0.6 is 0 Å². The van der Waals surface area contributed by atoms with Gasteiger partial charge >= 0.3 is 5.63 Å². The van der Waals surface area contributed by atoms with E-state index in [0.29, 0.717) is 16.7 Å². The summed E-state index contributed by atoms with van der Waals surface area (Å²) in [7, 11) is 1.56. The van der Waals surface area contributed by atoms with Gasteiger partial charge in [0, 0.05) is 12.3 Å². The number of benzene rings is 2. The molecule has 0 saturated carbocycles. The maximum Gasteiger partial charge on any atom is 0.343 e. The van der Waals surface area contributed by atoms with E-state index >= 15 is 0 Å². The van der Waals surface area contributed by atoms with Gasteiger partial charge in [-0.1, -0.05) is 24.3 Å². The average Bonchev–Trinajstić information content (AvgIpc) is 2.60. The first kappa shape index (κ1) is 16.8. The van der Waals surface area contributed by atoms with E-state index in [-0.39, 0.29) is 23.5 Å². The van der Waals surface area contributed by atoms with Crippen LogP contribution in [0.15, 0.2) is 57.7 Å². The van der Waals surface area contributed by atoms with Gasteiger partial charge in [-0.05, 0) is 36.8 Å². The topological polar surface area (TPSA) is 76.7 Å². The largest absolute Gasteiger partial charge is 0.507 e. The zero-order chi connectivity index (χ0) is 18.0. The number of para-hydroxylation sites is 1. The molecule has 5 nitrogen and oxygen atoms in total. The van der Waals surface area contributed by atoms with Crippen molar-refractivity contribution in [1.82, 2.24) is 0 Å². The molecule has 5 heteroatoms. The number of aromatic hydroxyl groups is 1. The number of ether oxygens (including phenoxy) is 1. The second-order valence-corrected chi connectivity index (χ2v) is 5.88. The first-order chi connectivity index (χ1) is 12.0. The number of carbonyl (C=O) groups is 1. The molecule has 0 aliphatic carbocycles. The van der Waals surface area contributed by atoms with E-state index in [0.717, 1.165) is 5.56 Å². The first-order valence-electron chi connectivity index (χ1n) is 7.89. The average molecular weight is 338 g/mol. The molecule has 0 aliphatic rings. The number of Topliss-reactive ketones (excluding diaryl/α,β-unsaturated/α-hetero) is 1. The Morgan fingerprint density at radius 3 is 2.48 bits per heavy atom. The fraction of sp³-hybridized carbons (Fsp3) is 0.200. The summed E-state index contributed by atoms with van der Waals surface area (Å²) >= 11 is 0. The molecule has 25 heavy (non-hydrogen) atoms. The van der Waals surface area contributed by atoms with Crippen LogP contribution in [0.2, 0.25) is 0 Å². The van der Waals surface area contributed by atoms with Crippen molar-refractivity contribution in [2.45, 2.75) is 19.3 Å². The van der Waals surface area contributed by atoms with E-state index in [2.05, 4.69) is 0 Å². The van der Waals surface area contributed by atoms with Crippen LogP contribution < -0.4 is 10.4 Å². The minimum atomic E-state index is -0.640. The maximum absolute atomic E-state index is 12.5. The molecule has 1 N–H and O–H groups in total. The number of fused-ring (bicyclic) bond motifs is 1. The molecule has 2 aromatic carbocycles. The van der Waals surface area contributed by atoms with Gasteiger partial charge in [-0.2, -0.15) is 0 Å². The Hall–Kier alpha value is -3.08. The Labute approximate surface area is 144 Å². The van der Waals surface area contributed by atoms with Crippen LogP contribution in [0.4, 0.5) is 0 Å². The van der Waals surface area contributed by atoms with E-state index in [1.807, 2.05) is 0 Å². The van der Waals surface area contributed by atoms with Crippen LogP contribution in [0.1, 0.15) is 30.4 Å². The van der Waals surface area contributed by atoms with Crippen LogP contribution in [0.25, 0.3) is 11.0 Å². The number of rotatable bonds is 5. The van der Waals surface area contributed by atoms with Gasteiger partial charge in [0.1, 0.15) is 22.9 Å². The lowest BCUT2D eigenvalue weighted by atomic mass is 9.87. The third-order valence-corrected chi connectivity index (χ3v) is 4.18. The summed E-state index contributed by atoms with van der Waals surface area (Å²) < 4.78 is 10.5. The van der Waals surface area contributed by atoms with Crippen molar-refractivity contribution in [3.05, 3.63) is 70.1 Å². The van der Waals surface area contributed by atoms with E-state index in [4.69, 9.17) is 9.15 Å². The first-order valence-corrected chi connectivity index (χ1v) is 7.89. The second-order valence-electron chi connectivity index (χ2n) is 5.88. The van der Waals surface area contributed by atoms with Gasteiger partial charge in [0.15, 0.2) is 0 Å². The molecule has 0 spiro atoms. The van der Waals surface area contributed by atoms with Crippen LogP contribution in [0.5, 0.6) is 11.5 Å². The van der Waals surface area contributed by atoms with Crippen molar-refractivity contribution < 1.29 is 19.1 Å². The van der Waals surface area contributed by atoms with Crippen LogP contribution in [0, 0.1) is 0 Å². The van der Waals surface area contributed by atoms with Gasteiger partial charge in [0.2, 0.25) is 0 Å². The van der Waals surface area contributed by atoms with Crippen molar-refractivity contribution >= 4 is 16.8 Å². The maximum atomic E-state index is 12.5. The minimum absolute atomic E-state index is 0.0863. The van der Waals surface area contributed by atoms with Crippen molar-refractivity contribution in [2.75, 3.05) is 7.11 Å². The number of methoxy groups -OCH3 is 1. The highest BCUT2D eigenvalue weighted by Crippen LogP contribution is 2.36. The molecule has 0 bridgehead atoms. The fourth-order valence-electron chi connectivity index (χ4n) is 2.97. The normalized spacial score (nSPS) is 12.1. The van der Waals surface area contributed by atoms with Gasteiger partial charge < -0.3 is 14.3 Å². The Bertz CT molecular complexity index is 970. The van der Waals surface area contributed by atoms with E-state index < -0.39 is 11.5 Å². The molecule has 3 aromatic rings. The number of carbonyl (C=O) groups excluding carboxylic acids is 1. The predicted molar refractivity (Wildman–Crippen MR) is 94.3 cm³/mol. The highest BCUT2D eigenvalue weighted by atomic mass is 16.5. The Morgan fingerprint density at radius 1 is 1.16 bits per heavy atom. The molecule has 1 atom stereocenters. The lowest BCUT2D eigenvalue weighted by molar-refractivity contribution is -0.117. The third-order valence-electron chi connectivity index (χ3n) is 4.18. The summed E-state index contributed by atoms with van der Waals surface area (Å²) in [6.07, 6.45) is 0.0863. The molecule has 0 saturated heterocycles. The molecule has 1 heterocycles. The highest BCUT2D eigenvalue weighted by molar-refractivity contribution is 5.85. The van der Waals surface area contributed by atoms with Gasteiger partial charge in [0.05, 0.1) is 18.1 Å². The summed E-state index contributed by atoms with van der Waals surface area (Å²) in [4.78, 5) is 24.3. The highest BCUT2D eigenvalue weighted by Gasteiger charge is 2.25. The molecule has 128 valence electrons. The molecule has 0 radical (unpaired) electrons. The monoisotopic (exact) mass is 338 g/mol. The lowest BCUT2D eigenvalue weighted by Crippen LogP contribution is -2.16. The summed E-state index contributed by atoms with van der Waals surface area (Å²) in [6.45, 7) is 1.45. The SMILES string of the molecule is COc1ccc(C(CC(C)=O)c2c(O)c3ccccc3oc2=O)cc1. The summed E-state index contributed by atoms with van der Waals surface area (Å²) in [5.41, 5.74) is 0.497. The minimum Gasteiger partial charge on any atom is -0.507 e. The predicted octanol–water partition coefficient (Wildman–Crippen LogP) is 3.62. The summed E-state index contributed by atoms with van der Waals surface area (Å²) in [5.74, 6) is -0.161. The Kier molecular flexibility index (Phi) is 4.57. The third kappa shape index (κ3) is 3.26. The molecular formula is C20H18O5. The molecule has 3 rings (SSSR count). The molecule has 0 amide bonds. The quantitative estimate of drug-likeness (QED) is 0.719. The van der Waals surface area contributed by atoms with Crippen LogP contribution in [-0.4, -0.2) is 18.0 Å². The van der Waals surface area contributed by atoms with Crippen molar-refractivity contribution in [3.63, 3.8) is 0 Å². The lowest BCUT2D eigenvalue weighted by Gasteiger charge is -2.17. The van der Waals surface area contributed by atoms with E-state index in [9.17, 15) is 14.7 Å². The van der Waals surface area contributed by atoms with Crippen molar-refractivity contribution in [1.29, 1.82) is 0 Å². The smallest absolute Gasteiger partial charge is 0.343 e. The van der Waals surface area contributed by atoms with Crippen molar-refractivity contribution in [2.24, 2.45) is 0 Å². The zero-order valence-corrected chi connectivity index (χ0v) is 14.0. The van der Waals surface area contributed by atoms with Crippen molar-refractivity contribution in [3.8, 4) is 11.5 Å². The van der Waals surface area contributed by atoms with Gasteiger partial charge in [-0.3, -0.25) is 4.79 Å². The number of ketones is 1. The molecular weight excluding hydrogens is 320 g/mol. The van der Waals surface area contributed by atoms with E-state index in [1.54, 1.807) is 55.6 Å². The second kappa shape index (κ2) is 6.81. The van der Waals surface area contributed by atoms with Crippen LogP contribution in [0.3, 0.4) is 0 Å². The number of hydrogen-bond donors (Lipinski definition) is 1. The standard InChI is InChI=1S/C20H18O5/c1-12(21)11-16(13-7-9-14(24-2)10-8-13)18-19(22)15-5-3-4-6-17(15)25-20(18)23/h3-10,16,22H,11H2,1-2H3. The Balaban J connectivity index is 2.20. The fourth-order valence-corrected chi connectivity index (χ4v) is 2.97. The molecule has 0 fully saturated rings. The van der Waals surface area contributed by atoms with Crippen LogP contribution in [-0.2, 0) is 4.79 Å². The Morgan fingerprint density at radius 2 is 1.84 bits per heavy atom. The van der Waals surface area contributed by atoms with Gasteiger partial charge in [-0.15, -0.1) is 0 Å². The summed E-state index contributed by atoms with van der Waals surface area (Å²) in [6, 6.07) is 13.8. The van der Waals surface area contributed by atoms with Gasteiger partial charge in [-0.25, -0.2) is 4.79 Å². The zero-order valence-electron chi connectivity index (χ0n) is 14.0.